The summed E-state index contributed by atoms with van der Waals surface area (Å²) in [5.74, 6) is -0.943. The minimum absolute atomic E-state index is 0.0441. The molecule has 0 aliphatic carbocycles. The number of fused-ring (bicyclic) bond motifs is 3. The van der Waals surface area contributed by atoms with Crippen molar-refractivity contribution < 1.29 is 19.1 Å². The lowest BCUT2D eigenvalue weighted by molar-refractivity contribution is -0.123. The fourth-order valence-electron chi connectivity index (χ4n) is 5.27. The zero-order valence-corrected chi connectivity index (χ0v) is 16.2. The SMILES string of the molecule is COc1ccc(N2C(=O)[C@@H]3[C@H](C2=O)[C@H](C(=O)c2ccccc2)N2CCC[C@@H]32)cc1. The molecule has 2 aromatic carbocycles. The first-order chi connectivity index (χ1) is 14.1. The number of hydrogen-bond donors (Lipinski definition) is 0. The largest absolute Gasteiger partial charge is 0.497 e. The molecule has 29 heavy (non-hydrogen) atoms. The zero-order chi connectivity index (χ0) is 20.1. The Morgan fingerprint density at radius 1 is 0.966 bits per heavy atom. The lowest BCUT2D eigenvalue weighted by Gasteiger charge is -2.27. The molecule has 2 amide bonds. The molecule has 0 radical (unpaired) electrons. The van der Waals surface area contributed by atoms with Crippen molar-refractivity contribution in [3.63, 3.8) is 0 Å². The molecular weight excluding hydrogens is 368 g/mol. The third kappa shape index (κ3) is 2.63. The number of carbonyl (C=O) groups is 3. The molecule has 148 valence electrons. The normalized spacial score (nSPS) is 28.5. The second-order valence-corrected chi connectivity index (χ2v) is 7.88. The molecule has 3 saturated heterocycles. The van der Waals surface area contributed by atoms with Crippen LogP contribution in [0.2, 0.25) is 0 Å². The topological polar surface area (TPSA) is 66.9 Å². The van der Waals surface area contributed by atoms with Crippen molar-refractivity contribution in [1.29, 1.82) is 0 Å². The molecule has 0 aromatic heterocycles. The average Bonchev–Trinajstić information content (AvgIpc) is 3.40. The van der Waals surface area contributed by atoms with Crippen LogP contribution in [-0.2, 0) is 9.59 Å². The quantitative estimate of drug-likeness (QED) is 0.593. The van der Waals surface area contributed by atoms with Gasteiger partial charge in [0.2, 0.25) is 11.8 Å². The predicted octanol–water partition coefficient (Wildman–Crippen LogP) is 2.53. The van der Waals surface area contributed by atoms with Gasteiger partial charge in [-0.1, -0.05) is 30.3 Å². The number of ketones is 1. The van der Waals surface area contributed by atoms with E-state index in [-0.39, 0.29) is 23.6 Å². The molecule has 6 heteroatoms. The van der Waals surface area contributed by atoms with Crippen LogP contribution < -0.4 is 9.64 Å². The van der Waals surface area contributed by atoms with Crippen LogP contribution in [0.3, 0.4) is 0 Å². The van der Waals surface area contributed by atoms with E-state index in [9.17, 15) is 14.4 Å². The van der Waals surface area contributed by atoms with E-state index in [1.165, 1.54) is 4.90 Å². The number of rotatable bonds is 4. The second-order valence-electron chi connectivity index (χ2n) is 7.88. The standard InChI is InChI=1S/C23H22N2O4/c1-29-16-11-9-15(10-12-16)25-22(27)18-17-8-5-13-24(17)20(19(18)23(25)28)21(26)14-6-3-2-4-7-14/h2-4,6-7,9-12,17-20H,5,8,13H2,1H3/t17-,18-,19-,20+/m0/s1. The number of ether oxygens (including phenoxy) is 1. The monoisotopic (exact) mass is 390 g/mol. The smallest absolute Gasteiger partial charge is 0.239 e. The molecule has 3 aliphatic rings. The molecule has 0 unspecified atom stereocenters. The van der Waals surface area contributed by atoms with Crippen molar-refractivity contribution in [2.45, 2.75) is 24.9 Å². The minimum atomic E-state index is -0.623. The van der Waals surface area contributed by atoms with Crippen LogP contribution >= 0.6 is 0 Å². The number of amides is 2. The van der Waals surface area contributed by atoms with Gasteiger partial charge < -0.3 is 4.74 Å². The molecule has 3 heterocycles. The van der Waals surface area contributed by atoms with Crippen LogP contribution in [0.1, 0.15) is 23.2 Å². The van der Waals surface area contributed by atoms with Gasteiger partial charge in [-0.2, -0.15) is 0 Å². The number of methoxy groups -OCH3 is 1. The van der Waals surface area contributed by atoms with Gasteiger partial charge >= 0.3 is 0 Å². The maximum absolute atomic E-state index is 13.4. The van der Waals surface area contributed by atoms with Gasteiger partial charge in [-0.15, -0.1) is 0 Å². The highest BCUT2D eigenvalue weighted by Gasteiger charge is 2.64. The number of Topliss-reactive ketones (excluding diaryl/α,β-unsaturated/α-hetero) is 1. The van der Waals surface area contributed by atoms with E-state index < -0.39 is 17.9 Å². The Morgan fingerprint density at radius 3 is 2.34 bits per heavy atom. The fraction of sp³-hybridized carbons (Fsp3) is 0.348. The third-order valence-corrected chi connectivity index (χ3v) is 6.51. The Bertz CT molecular complexity index is 972. The number of hydrogen-bond acceptors (Lipinski definition) is 5. The predicted molar refractivity (Wildman–Crippen MR) is 107 cm³/mol. The Morgan fingerprint density at radius 2 is 1.66 bits per heavy atom. The molecule has 3 fully saturated rings. The second kappa shape index (κ2) is 6.81. The molecule has 6 nitrogen and oxygen atoms in total. The van der Waals surface area contributed by atoms with Gasteiger partial charge in [0.05, 0.1) is 30.7 Å². The molecule has 4 atom stereocenters. The number of anilines is 1. The van der Waals surface area contributed by atoms with Crippen molar-refractivity contribution in [2.24, 2.45) is 11.8 Å². The summed E-state index contributed by atoms with van der Waals surface area (Å²) in [6.45, 7) is 0.754. The fourth-order valence-corrected chi connectivity index (χ4v) is 5.27. The van der Waals surface area contributed by atoms with E-state index >= 15 is 0 Å². The van der Waals surface area contributed by atoms with Crippen LogP contribution in [0.25, 0.3) is 0 Å². The summed E-state index contributed by atoms with van der Waals surface area (Å²) < 4.78 is 5.17. The summed E-state index contributed by atoms with van der Waals surface area (Å²) in [5.41, 5.74) is 1.12. The van der Waals surface area contributed by atoms with Gasteiger partial charge in [-0.25, -0.2) is 4.90 Å². The van der Waals surface area contributed by atoms with Gasteiger partial charge in [0.15, 0.2) is 5.78 Å². The summed E-state index contributed by atoms with van der Waals surface area (Å²) in [4.78, 5) is 43.5. The van der Waals surface area contributed by atoms with Crippen molar-refractivity contribution in [1.82, 2.24) is 4.90 Å². The summed E-state index contributed by atoms with van der Waals surface area (Å²) in [6, 6.07) is 15.4. The highest BCUT2D eigenvalue weighted by Crippen LogP contribution is 2.48. The number of imide groups is 1. The lowest BCUT2D eigenvalue weighted by Crippen LogP contribution is -2.46. The average molecular weight is 390 g/mol. The first-order valence-electron chi connectivity index (χ1n) is 9.98. The number of carbonyl (C=O) groups excluding carboxylic acids is 3. The Kier molecular flexibility index (Phi) is 4.24. The zero-order valence-electron chi connectivity index (χ0n) is 16.2. The van der Waals surface area contributed by atoms with E-state index in [1.807, 2.05) is 18.2 Å². The maximum Gasteiger partial charge on any atom is 0.239 e. The third-order valence-electron chi connectivity index (χ3n) is 6.51. The Balaban J connectivity index is 1.53. The van der Waals surface area contributed by atoms with E-state index in [2.05, 4.69) is 4.90 Å². The summed E-state index contributed by atoms with van der Waals surface area (Å²) in [7, 11) is 1.57. The van der Waals surface area contributed by atoms with Crippen molar-refractivity contribution in [2.75, 3.05) is 18.6 Å². The number of nitrogens with zero attached hydrogens (tertiary/aromatic N) is 2. The molecule has 5 rings (SSSR count). The summed E-state index contributed by atoms with van der Waals surface area (Å²) >= 11 is 0. The van der Waals surface area contributed by atoms with Gasteiger partial charge in [0, 0.05) is 11.6 Å². The lowest BCUT2D eigenvalue weighted by atomic mass is 9.85. The summed E-state index contributed by atoms with van der Waals surface area (Å²) in [6.07, 6.45) is 1.78. The highest BCUT2D eigenvalue weighted by atomic mass is 16.5. The molecule has 0 N–H and O–H groups in total. The highest BCUT2D eigenvalue weighted by molar-refractivity contribution is 6.24. The van der Waals surface area contributed by atoms with Gasteiger partial charge in [0.1, 0.15) is 5.75 Å². The number of benzene rings is 2. The first-order valence-corrected chi connectivity index (χ1v) is 9.98. The van der Waals surface area contributed by atoms with Gasteiger partial charge in [-0.3, -0.25) is 19.3 Å². The van der Waals surface area contributed by atoms with Gasteiger partial charge in [-0.05, 0) is 43.7 Å². The van der Waals surface area contributed by atoms with Crippen LogP contribution in [0.15, 0.2) is 54.6 Å². The van der Waals surface area contributed by atoms with E-state index in [0.29, 0.717) is 17.0 Å². The molecule has 0 spiro atoms. The Labute approximate surface area is 169 Å². The van der Waals surface area contributed by atoms with E-state index in [1.54, 1.807) is 43.5 Å². The summed E-state index contributed by atoms with van der Waals surface area (Å²) in [5, 5.41) is 0. The van der Waals surface area contributed by atoms with Gasteiger partial charge in [0.25, 0.3) is 0 Å². The van der Waals surface area contributed by atoms with Crippen LogP contribution in [0.4, 0.5) is 5.69 Å². The molecule has 0 saturated carbocycles. The van der Waals surface area contributed by atoms with Crippen molar-refractivity contribution in [3.05, 3.63) is 60.2 Å². The van der Waals surface area contributed by atoms with Crippen LogP contribution in [0, 0.1) is 11.8 Å². The van der Waals surface area contributed by atoms with Crippen molar-refractivity contribution in [3.8, 4) is 5.75 Å². The van der Waals surface area contributed by atoms with E-state index in [0.717, 1.165) is 19.4 Å². The van der Waals surface area contributed by atoms with E-state index in [4.69, 9.17) is 4.74 Å². The molecular formula is C23H22N2O4. The molecule has 2 aromatic rings. The van der Waals surface area contributed by atoms with Crippen LogP contribution in [0.5, 0.6) is 5.75 Å². The molecule has 3 aliphatic heterocycles. The molecule has 0 bridgehead atoms. The first kappa shape index (κ1) is 18.1. The van der Waals surface area contributed by atoms with Crippen LogP contribution in [-0.4, -0.2) is 48.2 Å². The minimum Gasteiger partial charge on any atom is -0.497 e. The Hall–Kier alpha value is -2.99. The van der Waals surface area contributed by atoms with Crippen molar-refractivity contribution >= 4 is 23.3 Å². The maximum atomic E-state index is 13.4.